The number of nitrogen functional groups attached to an aromatic ring is 1. The summed E-state index contributed by atoms with van der Waals surface area (Å²) in [5, 5.41) is 12.5. The Hall–Kier alpha value is -0.920. The molecular formula is C8H14BrN5O. The fourth-order valence-corrected chi connectivity index (χ4v) is 1.35. The molecule has 0 saturated heterocycles. The standard InChI is InChI=1S/C8H14BrN5O/c1-8(2,15)3-11-6-5(9)7(14-10)13-4-12-6/h4,15H,3,10H2,1-2H3,(H2,11,12,13,14). The van der Waals surface area contributed by atoms with E-state index in [1.807, 2.05) is 0 Å². The van der Waals surface area contributed by atoms with Crippen LogP contribution >= 0.6 is 15.9 Å². The van der Waals surface area contributed by atoms with Gasteiger partial charge in [0.05, 0.1) is 5.60 Å². The smallest absolute Gasteiger partial charge is 0.159 e. The third-order valence-electron chi connectivity index (χ3n) is 1.61. The van der Waals surface area contributed by atoms with Crippen molar-refractivity contribution in [3.05, 3.63) is 10.8 Å². The molecule has 0 aromatic carbocycles. The Morgan fingerprint density at radius 1 is 1.47 bits per heavy atom. The summed E-state index contributed by atoms with van der Waals surface area (Å²) >= 11 is 3.30. The molecule has 0 unspecified atom stereocenters. The second kappa shape index (κ2) is 4.73. The Kier molecular flexibility index (Phi) is 3.83. The van der Waals surface area contributed by atoms with E-state index in [9.17, 15) is 5.11 Å². The maximum absolute atomic E-state index is 9.53. The number of rotatable bonds is 4. The van der Waals surface area contributed by atoms with E-state index in [2.05, 4.69) is 36.6 Å². The van der Waals surface area contributed by atoms with Crippen LogP contribution in [0.1, 0.15) is 13.8 Å². The summed E-state index contributed by atoms with van der Waals surface area (Å²) in [4.78, 5) is 7.92. The minimum atomic E-state index is -0.805. The topological polar surface area (TPSA) is 96.1 Å². The molecule has 0 spiro atoms. The molecule has 5 N–H and O–H groups in total. The highest BCUT2D eigenvalue weighted by atomic mass is 79.9. The molecule has 0 amide bonds. The lowest BCUT2D eigenvalue weighted by molar-refractivity contribution is 0.0944. The van der Waals surface area contributed by atoms with Crippen molar-refractivity contribution in [1.82, 2.24) is 9.97 Å². The van der Waals surface area contributed by atoms with Crippen LogP contribution in [0.3, 0.4) is 0 Å². The van der Waals surface area contributed by atoms with Gasteiger partial charge in [-0.3, -0.25) is 0 Å². The van der Waals surface area contributed by atoms with Crippen LogP contribution in [0.5, 0.6) is 0 Å². The van der Waals surface area contributed by atoms with E-state index >= 15 is 0 Å². The SMILES string of the molecule is CC(C)(O)CNc1ncnc(NN)c1Br. The van der Waals surface area contributed by atoms with Gasteiger partial charge in [0.1, 0.15) is 16.6 Å². The van der Waals surface area contributed by atoms with E-state index in [1.54, 1.807) is 13.8 Å². The van der Waals surface area contributed by atoms with Crippen molar-refractivity contribution in [3.8, 4) is 0 Å². The number of anilines is 2. The van der Waals surface area contributed by atoms with Crippen molar-refractivity contribution in [1.29, 1.82) is 0 Å². The molecule has 0 atom stereocenters. The van der Waals surface area contributed by atoms with Crippen LogP contribution < -0.4 is 16.6 Å². The maximum Gasteiger partial charge on any atom is 0.159 e. The van der Waals surface area contributed by atoms with Crippen LogP contribution in [0.2, 0.25) is 0 Å². The molecule has 1 aromatic heterocycles. The second-order valence-corrected chi connectivity index (χ2v) is 4.49. The van der Waals surface area contributed by atoms with Gasteiger partial charge in [-0.2, -0.15) is 0 Å². The highest BCUT2D eigenvalue weighted by molar-refractivity contribution is 9.10. The molecule has 1 rings (SSSR count). The van der Waals surface area contributed by atoms with Gasteiger partial charge in [0.2, 0.25) is 0 Å². The summed E-state index contributed by atoms with van der Waals surface area (Å²) in [5.41, 5.74) is 1.63. The molecule has 7 heteroatoms. The first-order valence-corrected chi connectivity index (χ1v) is 5.16. The third kappa shape index (κ3) is 3.61. The van der Waals surface area contributed by atoms with Gasteiger partial charge in [-0.1, -0.05) is 0 Å². The summed E-state index contributed by atoms with van der Waals surface area (Å²) in [6, 6.07) is 0. The molecule has 84 valence electrons. The number of nitrogens with two attached hydrogens (primary N) is 1. The third-order valence-corrected chi connectivity index (χ3v) is 2.37. The maximum atomic E-state index is 9.53. The van der Waals surface area contributed by atoms with Crippen molar-refractivity contribution in [2.45, 2.75) is 19.4 Å². The first kappa shape index (κ1) is 12.2. The van der Waals surface area contributed by atoms with Gasteiger partial charge in [-0.05, 0) is 29.8 Å². The lowest BCUT2D eigenvalue weighted by Crippen LogP contribution is -2.29. The minimum Gasteiger partial charge on any atom is -0.389 e. The number of hydrogen-bond donors (Lipinski definition) is 4. The summed E-state index contributed by atoms with van der Waals surface area (Å²) in [7, 11) is 0. The van der Waals surface area contributed by atoms with E-state index < -0.39 is 5.60 Å². The van der Waals surface area contributed by atoms with Crippen molar-refractivity contribution >= 4 is 27.6 Å². The zero-order valence-corrected chi connectivity index (χ0v) is 10.2. The molecule has 0 bridgehead atoms. The number of hydrazine groups is 1. The predicted molar refractivity (Wildman–Crippen MR) is 62.3 cm³/mol. The summed E-state index contributed by atoms with van der Waals surface area (Å²) < 4.78 is 0.636. The Morgan fingerprint density at radius 2 is 2.07 bits per heavy atom. The van der Waals surface area contributed by atoms with Crippen LogP contribution in [0, 0.1) is 0 Å². The first-order chi connectivity index (χ1) is 6.94. The zero-order valence-electron chi connectivity index (χ0n) is 8.58. The summed E-state index contributed by atoms with van der Waals surface area (Å²) in [5.74, 6) is 6.33. The lowest BCUT2D eigenvalue weighted by Gasteiger charge is -2.18. The highest BCUT2D eigenvalue weighted by Crippen LogP contribution is 2.25. The van der Waals surface area contributed by atoms with Gasteiger partial charge in [-0.25, -0.2) is 15.8 Å². The van der Waals surface area contributed by atoms with E-state index in [-0.39, 0.29) is 0 Å². The summed E-state index contributed by atoms with van der Waals surface area (Å²) in [6.45, 7) is 3.79. The van der Waals surface area contributed by atoms with Crippen LogP contribution in [0.4, 0.5) is 11.6 Å². The van der Waals surface area contributed by atoms with Gasteiger partial charge < -0.3 is 15.8 Å². The summed E-state index contributed by atoms with van der Waals surface area (Å²) in [6.07, 6.45) is 1.38. The van der Waals surface area contributed by atoms with Crippen LogP contribution in [0.15, 0.2) is 10.8 Å². The molecule has 6 nitrogen and oxygen atoms in total. The minimum absolute atomic E-state index is 0.382. The van der Waals surface area contributed by atoms with Gasteiger partial charge in [0.25, 0.3) is 0 Å². The van der Waals surface area contributed by atoms with Crippen molar-refractivity contribution < 1.29 is 5.11 Å². The van der Waals surface area contributed by atoms with Crippen LogP contribution in [-0.2, 0) is 0 Å². The Bertz CT molecular complexity index is 338. The average molecular weight is 276 g/mol. The zero-order chi connectivity index (χ0) is 11.5. The number of aromatic nitrogens is 2. The molecule has 0 saturated carbocycles. The van der Waals surface area contributed by atoms with Crippen molar-refractivity contribution in [2.24, 2.45) is 5.84 Å². The molecule has 0 aliphatic rings. The Balaban J connectivity index is 2.78. The average Bonchev–Trinajstić information content (AvgIpc) is 2.15. The van der Waals surface area contributed by atoms with E-state index in [0.29, 0.717) is 22.7 Å². The molecule has 0 aliphatic carbocycles. The van der Waals surface area contributed by atoms with Gasteiger partial charge >= 0.3 is 0 Å². The molecule has 15 heavy (non-hydrogen) atoms. The lowest BCUT2D eigenvalue weighted by atomic mass is 10.1. The van der Waals surface area contributed by atoms with E-state index in [0.717, 1.165) is 0 Å². The van der Waals surface area contributed by atoms with Crippen LogP contribution in [0.25, 0.3) is 0 Å². The quantitative estimate of drug-likeness (QED) is 0.478. The molecule has 0 aliphatic heterocycles. The van der Waals surface area contributed by atoms with Crippen LogP contribution in [-0.4, -0.2) is 27.2 Å². The Labute approximate surface area is 96.4 Å². The number of hydrogen-bond acceptors (Lipinski definition) is 6. The van der Waals surface area contributed by atoms with E-state index in [4.69, 9.17) is 5.84 Å². The van der Waals surface area contributed by atoms with E-state index in [1.165, 1.54) is 6.33 Å². The second-order valence-electron chi connectivity index (χ2n) is 3.70. The fourth-order valence-electron chi connectivity index (χ4n) is 0.894. The van der Waals surface area contributed by atoms with Crippen molar-refractivity contribution in [2.75, 3.05) is 17.3 Å². The molecular weight excluding hydrogens is 262 g/mol. The van der Waals surface area contributed by atoms with Gasteiger partial charge in [0.15, 0.2) is 5.82 Å². The molecule has 1 aromatic rings. The first-order valence-electron chi connectivity index (χ1n) is 4.37. The van der Waals surface area contributed by atoms with Gasteiger partial charge in [0, 0.05) is 6.54 Å². The molecule has 1 heterocycles. The predicted octanol–water partition coefficient (Wildman–Crippen LogP) is 0.708. The molecule has 0 radical (unpaired) electrons. The Morgan fingerprint density at radius 3 is 2.60 bits per heavy atom. The number of nitrogens with one attached hydrogen (secondary N) is 2. The number of halogens is 1. The normalized spacial score (nSPS) is 11.3. The monoisotopic (exact) mass is 275 g/mol. The largest absolute Gasteiger partial charge is 0.389 e. The van der Waals surface area contributed by atoms with Gasteiger partial charge in [-0.15, -0.1) is 0 Å². The molecule has 0 fully saturated rings. The van der Waals surface area contributed by atoms with Crippen molar-refractivity contribution in [3.63, 3.8) is 0 Å². The number of aliphatic hydroxyl groups is 1. The fraction of sp³-hybridized carbons (Fsp3) is 0.500. The number of nitrogens with zero attached hydrogens (tertiary/aromatic N) is 2. The highest BCUT2D eigenvalue weighted by Gasteiger charge is 2.14.